The maximum Gasteiger partial charge on any atom is 0.240 e. The first-order valence-corrected chi connectivity index (χ1v) is 10.1. The van der Waals surface area contributed by atoms with Crippen molar-refractivity contribution in [3.63, 3.8) is 0 Å². The number of nitrogens with zero attached hydrogens (tertiary/aromatic N) is 1. The number of carbonyl (C=O) groups is 2. The smallest absolute Gasteiger partial charge is 0.240 e. The minimum Gasteiger partial charge on any atom is -0.497 e. The Bertz CT molecular complexity index is 989. The summed E-state index contributed by atoms with van der Waals surface area (Å²) in [6, 6.07) is 12.3. The van der Waals surface area contributed by atoms with Crippen LogP contribution in [0.15, 0.2) is 53.4 Å². The number of carbonyl (C=O) groups excluding carboxylic acids is 2. The summed E-state index contributed by atoms with van der Waals surface area (Å²) in [5.41, 5.74) is 1.16. The van der Waals surface area contributed by atoms with Gasteiger partial charge in [0.2, 0.25) is 21.8 Å². The maximum atomic E-state index is 12.6. The van der Waals surface area contributed by atoms with Crippen LogP contribution in [0.5, 0.6) is 5.75 Å². The van der Waals surface area contributed by atoms with Crippen LogP contribution >= 0.6 is 0 Å². The molecule has 2 amide bonds. The standard InChI is InChI=1S/C19H21N3O5S/c1-13(23)20-14-6-8-18(9-7-14)28(25,26)21-15-10-19(24)22(12-15)16-4-3-5-17(11-16)27-2/h3-9,11,15,21H,10,12H2,1-2H3,(H,20,23)/t15-/m0/s1. The van der Waals surface area contributed by atoms with Gasteiger partial charge in [0.25, 0.3) is 0 Å². The van der Waals surface area contributed by atoms with Crippen LogP contribution in [0.3, 0.4) is 0 Å². The average molecular weight is 403 g/mol. The molecular weight excluding hydrogens is 382 g/mol. The molecule has 0 unspecified atom stereocenters. The Morgan fingerprint density at radius 1 is 1.18 bits per heavy atom. The highest BCUT2D eigenvalue weighted by Gasteiger charge is 2.33. The van der Waals surface area contributed by atoms with E-state index in [2.05, 4.69) is 10.0 Å². The molecule has 2 aromatic carbocycles. The zero-order valence-electron chi connectivity index (χ0n) is 15.5. The number of sulfonamides is 1. The van der Waals surface area contributed by atoms with Crippen LogP contribution in [0.25, 0.3) is 0 Å². The van der Waals surface area contributed by atoms with Crippen LogP contribution in [-0.2, 0) is 19.6 Å². The summed E-state index contributed by atoms with van der Waals surface area (Å²) in [6.45, 7) is 1.60. The van der Waals surface area contributed by atoms with Crippen LogP contribution in [-0.4, -0.2) is 39.9 Å². The van der Waals surface area contributed by atoms with Gasteiger partial charge in [0.15, 0.2) is 0 Å². The number of ether oxygens (including phenoxy) is 1. The van der Waals surface area contributed by atoms with Gasteiger partial charge in [-0.1, -0.05) is 6.07 Å². The Morgan fingerprint density at radius 2 is 1.89 bits per heavy atom. The van der Waals surface area contributed by atoms with E-state index >= 15 is 0 Å². The van der Waals surface area contributed by atoms with Gasteiger partial charge in [0.1, 0.15) is 5.75 Å². The summed E-state index contributed by atoms with van der Waals surface area (Å²) >= 11 is 0. The Labute approximate surface area is 163 Å². The fourth-order valence-electron chi connectivity index (χ4n) is 3.02. The summed E-state index contributed by atoms with van der Waals surface area (Å²) in [6.07, 6.45) is 0.0699. The highest BCUT2D eigenvalue weighted by Crippen LogP contribution is 2.26. The van der Waals surface area contributed by atoms with Gasteiger partial charge >= 0.3 is 0 Å². The van der Waals surface area contributed by atoms with E-state index in [9.17, 15) is 18.0 Å². The van der Waals surface area contributed by atoms with Crippen molar-refractivity contribution < 1.29 is 22.7 Å². The van der Waals surface area contributed by atoms with E-state index in [1.807, 2.05) is 0 Å². The summed E-state index contributed by atoms with van der Waals surface area (Å²) in [4.78, 5) is 25.0. The molecule has 1 atom stereocenters. The zero-order chi connectivity index (χ0) is 20.3. The molecule has 1 aliphatic rings. The minimum absolute atomic E-state index is 0.0638. The number of hydrogen-bond acceptors (Lipinski definition) is 5. The van der Waals surface area contributed by atoms with Crippen LogP contribution in [0, 0.1) is 0 Å². The second kappa shape index (κ2) is 7.99. The van der Waals surface area contributed by atoms with E-state index in [0.717, 1.165) is 0 Å². The van der Waals surface area contributed by atoms with Gasteiger partial charge in [-0.3, -0.25) is 9.59 Å². The average Bonchev–Trinajstić information content (AvgIpc) is 3.01. The molecule has 148 valence electrons. The lowest BCUT2D eigenvalue weighted by atomic mass is 10.3. The molecule has 1 aliphatic heterocycles. The van der Waals surface area contributed by atoms with Crippen molar-refractivity contribution in [3.8, 4) is 5.75 Å². The number of amides is 2. The molecule has 0 spiro atoms. The number of methoxy groups -OCH3 is 1. The molecule has 28 heavy (non-hydrogen) atoms. The fourth-order valence-corrected chi connectivity index (χ4v) is 4.25. The number of anilines is 2. The molecule has 8 nitrogen and oxygen atoms in total. The molecule has 3 rings (SSSR count). The van der Waals surface area contributed by atoms with E-state index in [4.69, 9.17) is 4.74 Å². The quantitative estimate of drug-likeness (QED) is 0.764. The van der Waals surface area contributed by atoms with E-state index < -0.39 is 16.1 Å². The molecule has 0 saturated carbocycles. The molecule has 2 aromatic rings. The first-order valence-electron chi connectivity index (χ1n) is 8.63. The lowest BCUT2D eigenvalue weighted by Crippen LogP contribution is -2.37. The summed E-state index contributed by atoms with van der Waals surface area (Å²) in [5, 5.41) is 2.58. The number of rotatable bonds is 6. The molecule has 1 heterocycles. The fraction of sp³-hybridized carbons (Fsp3) is 0.263. The van der Waals surface area contributed by atoms with E-state index in [1.54, 1.807) is 31.4 Å². The molecular formula is C19H21N3O5S. The van der Waals surface area contributed by atoms with Gasteiger partial charge in [0.05, 0.1) is 12.0 Å². The molecule has 0 aromatic heterocycles. The summed E-state index contributed by atoms with van der Waals surface area (Å²) in [5.74, 6) is 0.214. The SMILES string of the molecule is COc1cccc(N2C[C@@H](NS(=O)(=O)c3ccc(NC(C)=O)cc3)CC2=O)c1. The monoisotopic (exact) mass is 403 g/mol. The second-order valence-corrected chi connectivity index (χ2v) is 8.15. The third kappa shape index (κ3) is 4.49. The van der Waals surface area contributed by atoms with Crippen molar-refractivity contribution in [2.24, 2.45) is 0 Å². The normalized spacial score (nSPS) is 16.9. The van der Waals surface area contributed by atoms with Gasteiger partial charge in [-0.25, -0.2) is 13.1 Å². The lowest BCUT2D eigenvalue weighted by molar-refractivity contribution is -0.117. The molecule has 2 N–H and O–H groups in total. The molecule has 0 aliphatic carbocycles. The van der Waals surface area contributed by atoms with Gasteiger partial charge in [-0.15, -0.1) is 0 Å². The Morgan fingerprint density at radius 3 is 2.54 bits per heavy atom. The Kier molecular flexibility index (Phi) is 5.66. The van der Waals surface area contributed by atoms with Gasteiger partial charge in [-0.05, 0) is 36.4 Å². The minimum atomic E-state index is -3.80. The second-order valence-electron chi connectivity index (χ2n) is 6.43. The van der Waals surface area contributed by atoms with Crippen molar-refractivity contribution >= 4 is 33.2 Å². The maximum absolute atomic E-state index is 12.6. The lowest BCUT2D eigenvalue weighted by Gasteiger charge is -2.18. The highest BCUT2D eigenvalue weighted by molar-refractivity contribution is 7.89. The molecule has 0 bridgehead atoms. The van der Waals surface area contributed by atoms with E-state index in [-0.39, 0.29) is 29.7 Å². The van der Waals surface area contributed by atoms with Gasteiger partial charge in [-0.2, -0.15) is 0 Å². The number of benzene rings is 2. The van der Waals surface area contributed by atoms with Crippen LogP contribution in [0.2, 0.25) is 0 Å². The third-order valence-electron chi connectivity index (χ3n) is 4.30. The van der Waals surface area contributed by atoms with Crippen molar-refractivity contribution in [3.05, 3.63) is 48.5 Å². The molecule has 1 saturated heterocycles. The molecule has 1 fully saturated rings. The van der Waals surface area contributed by atoms with Crippen molar-refractivity contribution in [2.45, 2.75) is 24.3 Å². The summed E-state index contributed by atoms with van der Waals surface area (Å²) in [7, 11) is -2.26. The predicted molar refractivity (Wildman–Crippen MR) is 105 cm³/mol. The first kappa shape index (κ1) is 19.8. The van der Waals surface area contributed by atoms with Crippen molar-refractivity contribution in [2.75, 3.05) is 23.9 Å². The highest BCUT2D eigenvalue weighted by atomic mass is 32.2. The van der Waals surface area contributed by atoms with Crippen molar-refractivity contribution in [1.82, 2.24) is 4.72 Å². The van der Waals surface area contributed by atoms with Crippen LogP contribution < -0.4 is 19.7 Å². The topological polar surface area (TPSA) is 105 Å². The zero-order valence-corrected chi connectivity index (χ0v) is 16.3. The van der Waals surface area contributed by atoms with Gasteiger partial charge < -0.3 is 15.0 Å². The van der Waals surface area contributed by atoms with E-state index in [0.29, 0.717) is 17.1 Å². The largest absolute Gasteiger partial charge is 0.497 e. The number of hydrogen-bond donors (Lipinski definition) is 2. The van der Waals surface area contributed by atoms with Crippen molar-refractivity contribution in [1.29, 1.82) is 0 Å². The van der Waals surface area contributed by atoms with E-state index in [1.165, 1.54) is 36.1 Å². The Balaban J connectivity index is 1.71. The Hall–Kier alpha value is -2.91. The third-order valence-corrected chi connectivity index (χ3v) is 5.83. The molecule has 0 radical (unpaired) electrons. The summed E-state index contributed by atoms with van der Waals surface area (Å²) < 4.78 is 33.0. The predicted octanol–water partition coefficient (Wildman–Crippen LogP) is 1.74. The first-order chi connectivity index (χ1) is 13.3. The van der Waals surface area contributed by atoms with Crippen LogP contribution in [0.4, 0.5) is 11.4 Å². The van der Waals surface area contributed by atoms with Crippen LogP contribution in [0.1, 0.15) is 13.3 Å². The van der Waals surface area contributed by atoms with Gasteiger partial charge in [0, 0.05) is 43.4 Å². The number of nitrogens with one attached hydrogen (secondary N) is 2. The molecule has 9 heteroatoms.